The zero-order valence-corrected chi connectivity index (χ0v) is 20.5. The highest BCUT2D eigenvalue weighted by Crippen LogP contribution is 2.26. The predicted octanol–water partition coefficient (Wildman–Crippen LogP) is 3.65. The summed E-state index contributed by atoms with van der Waals surface area (Å²) in [5.41, 5.74) is 1.80. The van der Waals surface area contributed by atoms with Crippen molar-refractivity contribution in [3.8, 4) is 11.5 Å². The summed E-state index contributed by atoms with van der Waals surface area (Å²) in [5, 5.41) is 6.99. The molecule has 4 rings (SSSR count). The van der Waals surface area contributed by atoms with Crippen molar-refractivity contribution in [2.45, 2.75) is 25.4 Å². The molecule has 1 aliphatic rings. The first-order valence-corrected chi connectivity index (χ1v) is 13.0. The first kappa shape index (κ1) is 25.2. The summed E-state index contributed by atoms with van der Waals surface area (Å²) in [6, 6.07) is 16.2. The third-order valence-electron chi connectivity index (χ3n) is 6.18. The molecule has 0 saturated carbocycles. The van der Waals surface area contributed by atoms with E-state index in [2.05, 4.69) is 20.0 Å². The van der Waals surface area contributed by atoms with Crippen LogP contribution in [0.1, 0.15) is 24.3 Å². The molecule has 11 heteroatoms. The number of benzene rings is 2. The second-order valence-electron chi connectivity index (χ2n) is 8.81. The van der Waals surface area contributed by atoms with Crippen LogP contribution in [0, 0.1) is 0 Å². The summed E-state index contributed by atoms with van der Waals surface area (Å²) in [6.07, 6.45) is -1.81. The molecule has 3 aromatic rings. The smallest absolute Gasteiger partial charge is 0.314 e. The zero-order valence-electron chi connectivity index (χ0n) is 19.7. The number of halogens is 2. The Bertz CT molecular complexity index is 1200. The van der Waals surface area contributed by atoms with Crippen molar-refractivity contribution in [2.24, 2.45) is 0 Å². The molecule has 0 unspecified atom stereocenters. The van der Waals surface area contributed by atoms with E-state index in [1.165, 1.54) is 4.31 Å². The topological polar surface area (TPSA) is 82.8 Å². The van der Waals surface area contributed by atoms with Gasteiger partial charge >= 0.3 is 6.43 Å². The van der Waals surface area contributed by atoms with Crippen LogP contribution in [0.4, 0.5) is 14.5 Å². The largest absolute Gasteiger partial charge is 0.415 e. The van der Waals surface area contributed by atoms with Gasteiger partial charge in [-0.1, -0.05) is 30.3 Å². The number of sulfonamides is 1. The second-order valence-corrected chi connectivity index (χ2v) is 10.8. The van der Waals surface area contributed by atoms with Gasteiger partial charge in [0.2, 0.25) is 15.9 Å². The van der Waals surface area contributed by atoms with E-state index in [9.17, 15) is 17.2 Å². The standard InChI is InChI=1S/C24H29F2N5O3S/c1-29(2)21-12-13-30(17-21)14-15-35(32,33)31(20-6-4-3-5-7-20)16-18-8-10-19(11-9-18)23-27-28-24(34-23)22(25)26/h3-11,21-22H,12-17H2,1-2H3/t21-/m1/s1. The van der Waals surface area contributed by atoms with E-state index in [-0.39, 0.29) is 18.2 Å². The van der Waals surface area contributed by atoms with Crippen molar-refractivity contribution in [2.75, 3.05) is 43.8 Å². The van der Waals surface area contributed by atoms with Gasteiger partial charge in [-0.15, -0.1) is 10.2 Å². The third-order valence-corrected chi connectivity index (χ3v) is 7.89. The number of likely N-dealkylation sites (tertiary alicyclic amines) is 1. The Morgan fingerprint density at radius 3 is 2.40 bits per heavy atom. The van der Waals surface area contributed by atoms with Crippen molar-refractivity contribution in [1.29, 1.82) is 0 Å². The van der Waals surface area contributed by atoms with E-state index in [1.54, 1.807) is 48.5 Å². The van der Waals surface area contributed by atoms with Gasteiger partial charge in [0.25, 0.3) is 5.89 Å². The molecule has 0 amide bonds. The minimum absolute atomic E-state index is 0.0124. The molecular formula is C24H29F2N5O3S. The highest BCUT2D eigenvalue weighted by atomic mass is 32.2. The molecule has 1 aliphatic heterocycles. The van der Waals surface area contributed by atoms with E-state index >= 15 is 0 Å². The molecule has 0 spiro atoms. The predicted molar refractivity (Wildman–Crippen MR) is 130 cm³/mol. The number of hydrogen-bond acceptors (Lipinski definition) is 7. The van der Waals surface area contributed by atoms with Crippen molar-refractivity contribution >= 4 is 15.7 Å². The van der Waals surface area contributed by atoms with E-state index < -0.39 is 22.3 Å². The van der Waals surface area contributed by atoms with Gasteiger partial charge in [-0.3, -0.25) is 4.31 Å². The molecule has 0 N–H and O–H groups in total. The zero-order chi connectivity index (χ0) is 25.0. The SMILES string of the molecule is CN(C)[C@@H]1CCN(CCS(=O)(=O)N(Cc2ccc(-c3nnc(C(F)F)o3)cc2)c2ccccc2)C1. The van der Waals surface area contributed by atoms with Crippen LogP contribution in [-0.2, 0) is 16.6 Å². The molecule has 1 saturated heterocycles. The minimum atomic E-state index is -3.61. The molecule has 2 heterocycles. The van der Waals surface area contributed by atoms with Crippen LogP contribution in [0.3, 0.4) is 0 Å². The molecule has 0 bridgehead atoms. The van der Waals surface area contributed by atoms with Crippen LogP contribution < -0.4 is 4.31 Å². The van der Waals surface area contributed by atoms with Crippen LogP contribution in [0.5, 0.6) is 0 Å². The summed E-state index contributed by atoms with van der Waals surface area (Å²) in [5.74, 6) is -0.736. The van der Waals surface area contributed by atoms with Crippen LogP contribution in [-0.4, -0.2) is 73.9 Å². The highest BCUT2D eigenvalue weighted by molar-refractivity contribution is 7.92. The fourth-order valence-corrected chi connectivity index (χ4v) is 5.59. The molecule has 0 aliphatic carbocycles. The summed E-state index contributed by atoms with van der Waals surface area (Å²) in [6.45, 7) is 2.35. The molecule has 188 valence electrons. The molecular weight excluding hydrogens is 476 g/mol. The van der Waals surface area contributed by atoms with Crippen molar-refractivity contribution in [3.05, 3.63) is 66.1 Å². The minimum Gasteiger partial charge on any atom is -0.415 e. The normalized spacial score (nSPS) is 16.9. The molecule has 8 nitrogen and oxygen atoms in total. The molecule has 1 atom stereocenters. The van der Waals surface area contributed by atoms with Gasteiger partial charge in [-0.05, 0) is 56.9 Å². The third kappa shape index (κ3) is 6.22. The number of rotatable bonds is 10. The average molecular weight is 506 g/mol. The van der Waals surface area contributed by atoms with Gasteiger partial charge in [0.1, 0.15) is 0 Å². The molecule has 0 radical (unpaired) electrons. The first-order chi connectivity index (χ1) is 16.7. The number of aromatic nitrogens is 2. The van der Waals surface area contributed by atoms with Gasteiger partial charge in [-0.25, -0.2) is 8.42 Å². The lowest BCUT2D eigenvalue weighted by Crippen LogP contribution is -2.38. The van der Waals surface area contributed by atoms with Gasteiger partial charge < -0.3 is 14.2 Å². The fourth-order valence-electron chi connectivity index (χ4n) is 4.09. The van der Waals surface area contributed by atoms with Gasteiger partial charge in [0, 0.05) is 24.7 Å². The maximum Gasteiger partial charge on any atom is 0.314 e. The molecule has 1 aromatic heterocycles. The van der Waals surface area contributed by atoms with Crippen LogP contribution in [0.2, 0.25) is 0 Å². The van der Waals surface area contributed by atoms with E-state index in [1.807, 2.05) is 20.2 Å². The maximum absolute atomic E-state index is 13.4. The number of para-hydroxylation sites is 1. The molecule has 1 fully saturated rings. The Labute approximate surface area is 204 Å². The number of alkyl halides is 2. The average Bonchev–Trinajstić information content (AvgIpc) is 3.53. The lowest BCUT2D eigenvalue weighted by Gasteiger charge is -2.26. The Morgan fingerprint density at radius 1 is 1.09 bits per heavy atom. The van der Waals surface area contributed by atoms with Crippen LogP contribution >= 0.6 is 0 Å². The van der Waals surface area contributed by atoms with E-state index in [0.29, 0.717) is 23.8 Å². The van der Waals surface area contributed by atoms with Crippen molar-refractivity contribution in [3.63, 3.8) is 0 Å². The Balaban J connectivity index is 1.49. The van der Waals surface area contributed by atoms with Gasteiger partial charge in [-0.2, -0.15) is 8.78 Å². The fraction of sp³-hybridized carbons (Fsp3) is 0.417. The van der Waals surface area contributed by atoms with Crippen molar-refractivity contribution < 1.29 is 21.6 Å². The van der Waals surface area contributed by atoms with Gasteiger partial charge in [0.05, 0.1) is 18.0 Å². The number of anilines is 1. The Hall–Kier alpha value is -2.89. The van der Waals surface area contributed by atoms with E-state index in [4.69, 9.17) is 4.42 Å². The van der Waals surface area contributed by atoms with Crippen molar-refractivity contribution in [1.82, 2.24) is 20.0 Å². The lowest BCUT2D eigenvalue weighted by atomic mass is 10.1. The van der Waals surface area contributed by atoms with Gasteiger partial charge in [0.15, 0.2) is 0 Å². The summed E-state index contributed by atoms with van der Waals surface area (Å²) in [4.78, 5) is 4.37. The summed E-state index contributed by atoms with van der Waals surface area (Å²) < 4.78 is 58.8. The summed E-state index contributed by atoms with van der Waals surface area (Å²) >= 11 is 0. The quantitative estimate of drug-likeness (QED) is 0.416. The molecule has 35 heavy (non-hydrogen) atoms. The Kier molecular flexibility index (Phi) is 7.78. The second kappa shape index (κ2) is 10.8. The van der Waals surface area contributed by atoms with Crippen LogP contribution in [0.15, 0.2) is 59.0 Å². The number of hydrogen-bond donors (Lipinski definition) is 0. The number of nitrogens with zero attached hydrogens (tertiary/aromatic N) is 5. The maximum atomic E-state index is 13.4. The first-order valence-electron chi connectivity index (χ1n) is 11.4. The van der Waals surface area contributed by atoms with E-state index in [0.717, 1.165) is 25.1 Å². The highest BCUT2D eigenvalue weighted by Gasteiger charge is 2.28. The number of likely N-dealkylation sites (N-methyl/N-ethyl adjacent to an activating group) is 1. The summed E-state index contributed by atoms with van der Waals surface area (Å²) in [7, 11) is 0.477. The Morgan fingerprint density at radius 2 is 1.80 bits per heavy atom. The van der Waals surface area contributed by atoms with Crippen LogP contribution in [0.25, 0.3) is 11.5 Å². The monoisotopic (exact) mass is 505 g/mol. The molecule has 2 aromatic carbocycles. The lowest BCUT2D eigenvalue weighted by molar-refractivity contribution is 0.116.